The van der Waals surface area contributed by atoms with Gasteiger partial charge in [0.05, 0.1) is 0 Å². The fourth-order valence-corrected chi connectivity index (χ4v) is 2.02. The lowest BCUT2D eigenvalue weighted by atomic mass is 10.3. The first kappa shape index (κ1) is 12.3. The number of nitrogens with two attached hydrogens (primary N) is 1. The minimum absolute atomic E-state index is 0.0169. The molecule has 0 radical (unpaired) electrons. The molecule has 2 heterocycles. The molecule has 17 heavy (non-hydrogen) atoms. The van der Waals surface area contributed by atoms with Gasteiger partial charge in [0.25, 0.3) is 0 Å². The molecule has 0 spiro atoms. The first-order valence-corrected chi connectivity index (χ1v) is 5.49. The average molecular weight is 260 g/mol. The Morgan fingerprint density at radius 3 is 2.24 bits per heavy atom. The minimum Gasteiger partial charge on any atom is -0.377 e. The number of ether oxygens (including phenoxy) is 2. The van der Waals surface area contributed by atoms with Crippen LogP contribution in [-0.2, 0) is 9.47 Å². The Kier molecular flexibility index (Phi) is 3.60. The zero-order chi connectivity index (χ0) is 12.4. The lowest BCUT2D eigenvalue weighted by molar-refractivity contribution is -0.00461. The molecular formula is C9H14ClN5O2. The van der Waals surface area contributed by atoms with Crippen LogP contribution in [0.15, 0.2) is 0 Å². The highest BCUT2D eigenvalue weighted by Crippen LogP contribution is 2.21. The van der Waals surface area contributed by atoms with Crippen molar-refractivity contribution in [2.24, 2.45) is 0 Å². The Balaban J connectivity index is 2.18. The van der Waals surface area contributed by atoms with Gasteiger partial charge in [-0.05, 0) is 11.6 Å². The number of nitrogens with zero attached hydrogens (tertiary/aromatic N) is 4. The molecule has 0 aromatic carbocycles. The van der Waals surface area contributed by atoms with Crippen LogP contribution in [0, 0.1) is 0 Å². The summed E-state index contributed by atoms with van der Waals surface area (Å²) in [4.78, 5) is 13.7. The summed E-state index contributed by atoms with van der Waals surface area (Å²) in [5.74, 6) is 0.555. The predicted molar refractivity (Wildman–Crippen MR) is 63.1 cm³/mol. The van der Waals surface area contributed by atoms with Gasteiger partial charge in [-0.3, -0.25) is 0 Å². The van der Waals surface area contributed by atoms with E-state index in [1.807, 2.05) is 4.90 Å². The third-order valence-electron chi connectivity index (χ3n) is 2.72. The zero-order valence-electron chi connectivity index (χ0n) is 9.63. The van der Waals surface area contributed by atoms with Crippen LogP contribution in [0.25, 0.3) is 0 Å². The summed E-state index contributed by atoms with van der Waals surface area (Å²) in [6.07, 6.45) is -0.0338. The molecule has 1 aliphatic heterocycles. The van der Waals surface area contributed by atoms with Gasteiger partial charge in [0.15, 0.2) is 0 Å². The van der Waals surface area contributed by atoms with Crippen LogP contribution in [0.4, 0.5) is 11.9 Å². The van der Waals surface area contributed by atoms with E-state index >= 15 is 0 Å². The fraction of sp³-hybridized carbons (Fsp3) is 0.667. The normalized spacial score (nSPS) is 24.3. The second-order valence-electron chi connectivity index (χ2n) is 3.72. The molecule has 1 aromatic rings. The van der Waals surface area contributed by atoms with Crippen LogP contribution >= 0.6 is 11.6 Å². The quantitative estimate of drug-likeness (QED) is 0.815. The first-order valence-electron chi connectivity index (χ1n) is 5.11. The van der Waals surface area contributed by atoms with E-state index in [4.69, 9.17) is 26.8 Å². The summed E-state index contributed by atoms with van der Waals surface area (Å²) in [5.41, 5.74) is 5.53. The van der Waals surface area contributed by atoms with Crippen LogP contribution in [-0.4, -0.2) is 54.5 Å². The van der Waals surface area contributed by atoms with Crippen molar-refractivity contribution in [3.63, 3.8) is 0 Å². The van der Waals surface area contributed by atoms with Crippen molar-refractivity contribution in [3.8, 4) is 0 Å². The van der Waals surface area contributed by atoms with E-state index in [1.165, 1.54) is 0 Å². The Hall–Kier alpha value is -1.18. The summed E-state index contributed by atoms with van der Waals surface area (Å²) >= 11 is 5.74. The number of hydrogen-bond donors (Lipinski definition) is 1. The number of halogens is 1. The van der Waals surface area contributed by atoms with Crippen molar-refractivity contribution in [2.75, 3.05) is 37.9 Å². The van der Waals surface area contributed by atoms with Crippen molar-refractivity contribution in [2.45, 2.75) is 12.2 Å². The van der Waals surface area contributed by atoms with Crippen LogP contribution in [0.2, 0.25) is 5.28 Å². The van der Waals surface area contributed by atoms with Gasteiger partial charge in [-0.1, -0.05) is 0 Å². The highest BCUT2D eigenvalue weighted by atomic mass is 35.5. The monoisotopic (exact) mass is 259 g/mol. The van der Waals surface area contributed by atoms with E-state index in [2.05, 4.69) is 15.0 Å². The molecule has 1 saturated heterocycles. The summed E-state index contributed by atoms with van der Waals surface area (Å²) in [7, 11) is 3.30. The average Bonchev–Trinajstić information content (AvgIpc) is 2.70. The zero-order valence-corrected chi connectivity index (χ0v) is 10.4. The van der Waals surface area contributed by atoms with E-state index < -0.39 is 0 Å². The highest BCUT2D eigenvalue weighted by molar-refractivity contribution is 6.28. The van der Waals surface area contributed by atoms with E-state index in [1.54, 1.807) is 14.2 Å². The number of hydrogen-bond acceptors (Lipinski definition) is 7. The van der Waals surface area contributed by atoms with Crippen molar-refractivity contribution in [1.29, 1.82) is 0 Å². The molecule has 2 N–H and O–H groups in total. The van der Waals surface area contributed by atoms with Gasteiger partial charge in [-0.15, -0.1) is 0 Å². The van der Waals surface area contributed by atoms with Crippen LogP contribution < -0.4 is 10.6 Å². The van der Waals surface area contributed by atoms with Crippen molar-refractivity contribution >= 4 is 23.5 Å². The van der Waals surface area contributed by atoms with Crippen molar-refractivity contribution in [1.82, 2.24) is 15.0 Å². The molecule has 2 atom stereocenters. The van der Waals surface area contributed by atoms with E-state index in [0.717, 1.165) is 0 Å². The van der Waals surface area contributed by atoms with Crippen LogP contribution in [0.3, 0.4) is 0 Å². The third-order valence-corrected chi connectivity index (χ3v) is 2.89. The van der Waals surface area contributed by atoms with Gasteiger partial charge < -0.3 is 20.1 Å². The van der Waals surface area contributed by atoms with Gasteiger partial charge in [0, 0.05) is 27.3 Å². The molecule has 0 aliphatic carbocycles. The van der Waals surface area contributed by atoms with Crippen LogP contribution in [0.1, 0.15) is 0 Å². The Morgan fingerprint density at radius 1 is 1.18 bits per heavy atom. The summed E-state index contributed by atoms with van der Waals surface area (Å²) in [5, 5.41) is 0.0855. The Labute approximate surface area is 104 Å². The van der Waals surface area contributed by atoms with Crippen LogP contribution in [0.5, 0.6) is 0 Å². The SMILES string of the molecule is COC1CN(c2nc(N)nc(Cl)n2)CC1OC. The van der Waals surface area contributed by atoms with Gasteiger partial charge in [0.2, 0.25) is 17.2 Å². The van der Waals surface area contributed by atoms with Crippen molar-refractivity contribution < 1.29 is 9.47 Å². The van der Waals surface area contributed by atoms with Gasteiger partial charge >= 0.3 is 0 Å². The summed E-state index contributed by atoms with van der Waals surface area (Å²) in [6.45, 7) is 1.27. The molecule has 0 bridgehead atoms. The Morgan fingerprint density at radius 2 is 1.76 bits per heavy atom. The largest absolute Gasteiger partial charge is 0.377 e. The minimum atomic E-state index is -0.0169. The second kappa shape index (κ2) is 4.99. The smallest absolute Gasteiger partial charge is 0.231 e. The first-order chi connectivity index (χ1) is 8.13. The molecule has 2 unspecified atom stereocenters. The molecule has 1 aromatic heterocycles. The topological polar surface area (TPSA) is 86.4 Å². The van der Waals surface area contributed by atoms with E-state index in [0.29, 0.717) is 19.0 Å². The van der Waals surface area contributed by atoms with Gasteiger partial charge in [-0.25, -0.2) is 0 Å². The van der Waals surface area contributed by atoms with E-state index in [9.17, 15) is 0 Å². The number of nitrogen functional groups attached to an aromatic ring is 1. The summed E-state index contributed by atoms with van der Waals surface area (Å²) < 4.78 is 10.6. The van der Waals surface area contributed by atoms with E-state index in [-0.39, 0.29) is 23.4 Å². The molecule has 0 amide bonds. The lowest BCUT2D eigenvalue weighted by Crippen LogP contribution is -2.27. The maximum atomic E-state index is 5.74. The molecule has 8 heteroatoms. The molecule has 2 rings (SSSR count). The summed E-state index contributed by atoms with van der Waals surface area (Å²) in [6, 6.07) is 0. The number of rotatable bonds is 3. The standard InChI is InChI=1S/C9H14ClN5O2/c1-16-5-3-15(4-6(5)17-2)9-13-7(10)12-8(11)14-9/h5-6H,3-4H2,1-2H3,(H2,11,12,13,14). The maximum Gasteiger partial charge on any atom is 0.231 e. The molecule has 0 saturated carbocycles. The third kappa shape index (κ3) is 2.56. The molecular weight excluding hydrogens is 246 g/mol. The van der Waals surface area contributed by atoms with Gasteiger partial charge in [0.1, 0.15) is 12.2 Å². The number of aromatic nitrogens is 3. The fourth-order valence-electron chi connectivity index (χ4n) is 1.86. The molecule has 1 aliphatic rings. The number of methoxy groups -OCH3 is 2. The predicted octanol–water partition coefficient (Wildman–Crippen LogP) is -0.0428. The highest BCUT2D eigenvalue weighted by Gasteiger charge is 2.34. The van der Waals surface area contributed by atoms with Crippen molar-refractivity contribution in [3.05, 3.63) is 5.28 Å². The number of anilines is 2. The van der Waals surface area contributed by atoms with Gasteiger partial charge in [-0.2, -0.15) is 15.0 Å². The maximum absolute atomic E-state index is 5.74. The lowest BCUT2D eigenvalue weighted by Gasteiger charge is -2.15. The molecule has 1 fully saturated rings. The molecule has 94 valence electrons. The second-order valence-corrected chi connectivity index (χ2v) is 4.05. The Bertz CT molecular complexity index is 373. The molecule has 7 nitrogen and oxygen atoms in total.